The molecule has 1 aromatic carbocycles. The van der Waals surface area contributed by atoms with E-state index in [2.05, 4.69) is 44.8 Å². The summed E-state index contributed by atoms with van der Waals surface area (Å²) < 4.78 is 1.19. The SMILES string of the molecule is Brc1ccccc1CNC1CCNC1. The third-order valence-electron chi connectivity index (χ3n) is 2.60. The monoisotopic (exact) mass is 254 g/mol. The van der Waals surface area contributed by atoms with Gasteiger partial charge in [-0.1, -0.05) is 34.1 Å². The molecule has 1 aromatic rings. The van der Waals surface area contributed by atoms with E-state index >= 15 is 0 Å². The molecule has 0 saturated carbocycles. The van der Waals surface area contributed by atoms with E-state index in [0.29, 0.717) is 6.04 Å². The van der Waals surface area contributed by atoms with Crippen LogP contribution in [0.2, 0.25) is 0 Å². The largest absolute Gasteiger partial charge is 0.315 e. The van der Waals surface area contributed by atoms with Crippen LogP contribution in [0.1, 0.15) is 12.0 Å². The standard InChI is InChI=1S/C11H15BrN2/c12-11-4-2-1-3-9(11)7-14-10-5-6-13-8-10/h1-4,10,13-14H,5-8H2. The first kappa shape index (κ1) is 10.1. The zero-order chi connectivity index (χ0) is 9.80. The summed E-state index contributed by atoms with van der Waals surface area (Å²) in [4.78, 5) is 0. The van der Waals surface area contributed by atoms with Gasteiger partial charge in [0, 0.05) is 23.6 Å². The molecule has 0 amide bonds. The Bertz CT molecular complexity index is 295. The van der Waals surface area contributed by atoms with Crippen molar-refractivity contribution in [2.45, 2.75) is 19.0 Å². The Labute approximate surface area is 93.2 Å². The first-order valence-electron chi connectivity index (χ1n) is 5.04. The van der Waals surface area contributed by atoms with Gasteiger partial charge in [-0.15, -0.1) is 0 Å². The van der Waals surface area contributed by atoms with E-state index in [1.807, 2.05) is 6.07 Å². The van der Waals surface area contributed by atoms with Gasteiger partial charge in [0.1, 0.15) is 0 Å². The molecule has 1 saturated heterocycles. The van der Waals surface area contributed by atoms with Crippen molar-refractivity contribution in [3.63, 3.8) is 0 Å². The molecule has 1 atom stereocenters. The molecule has 0 radical (unpaired) electrons. The van der Waals surface area contributed by atoms with Gasteiger partial charge in [-0.3, -0.25) is 0 Å². The van der Waals surface area contributed by atoms with E-state index in [1.165, 1.54) is 16.5 Å². The van der Waals surface area contributed by atoms with Crippen molar-refractivity contribution in [3.05, 3.63) is 34.3 Å². The van der Waals surface area contributed by atoms with Gasteiger partial charge < -0.3 is 10.6 Å². The predicted molar refractivity (Wildman–Crippen MR) is 62.3 cm³/mol. The second kappa shape index (κ2) is 4.91. The minimum atomic E-state index is 0.641. The Morgan fingerprint density at radius 2 is 2.29 bits per heavy atom. The van der Waals surface area contributed by atoms with E-state index in [4.69, 9.17) is 0 Å². The van der Waals surface area contributed by atoms with Crippen LogP contribution in [0.5, 0.6) is 0 Å². The summed E-state index contributed by atoms with van der Waals surface area (Å²) in [5.74, 6) is 0. The smallest absolute Gasteiger partial charge is 0.0220 e. The van der Waals surface area contributed by atoms with Crippen molar-refractivity contribution in [1.29, 1.82) is 0 Å². The minimum Gasteiger partial charge on any atom is -0.315 e. The fourth-order valence-electron chi connectivity index (χ4n) is 1.72. The summed E-state index contributed by atoms with van der Waals surface area (Å²) >= 11 is 3.55. The lowest BCUT2D eigenvalue weighted by molar-refractivity contribution is 0.546. The van der Waals surface area contributed by atoms with E-state index in [-0.39, 0.29) is 0 Å². The van der Waals surface area contributed by atoms with E-state index < -0.39 is 0 Å². The summed E-state index contributed by atoms with van der Waals surface area (Å²) in [5.41, 5.74) is 1.33. The van der Waals surface area contributed by atoms with Crippen molar-refractivity contribution in [3.8, 4) is 0 Å². The van der Waals surface area contributed by atoms with E-state index in [0.717, 1.165) is 19.6 Å². The molecule has 0 bridgehead atoms. The quantitative estimate of drug-likeness (QED) is 0.862. The molecule has 0 aromatic heterocycles. The first-order valence-corrected chi connectivity index (χ1v) is 5.83. The topological polar surface area (TPSA) is 24.1 Å². The van der Waals surface area contributed by atoms with Gasteiger partial charge in [-0.25, -0.2) is 0 Å². The number of halogens is 1. The lowest BCUT2D eigenvalue weighted by Gasteiger charge is -2.11. The summed E-state index contributed by atoms with van der Waals surface area (Å²) in [5, 5.41) is 6.90. The van der Waals surface area contributed by atoms with Crippen molar-refractivity contribution < 1.29 is 0 Å². The maximum absolute atomic E-state index is 3.55. The summed E-state index contributed by atoms with van der Waals surface area (Å²) in [6.45, 7) is 3.20. The maximum Gasteiger partial charge on any atom is 0.0220 e. The lowest BCUT2D eigenvalue weighted by Crippen LogP contribution is -2.30. The average Bonchev–Trinajstić information content (AvgIpc) is 2.69. The molecule has 0 aliphatic carbocycles. The number of rotatable bonds is 3. The van der Waals surface area contributed by atoms with Crippen LogP contribution in [-0.2, 0) is 6.54 Å². The highest BCUT2D eigenvalue weighted by Gasteiger charge is 2.13. The van der Waals surface area contributed by atoms with Gasteiger partial charge >= 0.3 is 0 Å². The molecular formula is C11H15BrN2. The van der Waals surface area contributed by atoms with E-state index in [9.17, 15) is 0 Å². The Kier molecular flexibility index (Phi) is 3.56. The number of nitrogens with one attached hydrogen (secondary N) is 2. The predicted octanol–water partition coefficient (Wildman–Crippen LogP) is 1.90. The third kappa shape index (κ3) is 2.56. The minimum absolute atomic E-state index is 0.641. The molecule has 2 nitrogen and oxygen atoms in total. The molecule has 2 rings (SSSR count). The molecule has 1 heterocycles. The molecular weight excluding hydrogens is 240 g/mol. The van der Waals surface area contributed by atoms with Gasteiger partial charge in [0.05, 0.1) is 0 Å². The van der Waals surface area contributed by atoms with Gasteiger partial charge in [0.2, 0.25) is 0 Å². The van der Waals surface area contributed by atoms with Gasteiger partial charge in [0.25, 0.3) is 0 Å². The molecule has 0 spiro atoms. The lowest BCUT2D eigenvalue weighted by atomic mass is 10.2. The fraction of sp³-hybridized carbons (Fsp3) is 0.455. The molecule has 14 heavy (non-hydrogen) atoms. The molecule has 1 fully saturated rings. The maximum atomic E-state index is 3.55. The molecule has 3 heteroatoms. The number of hydrogen-bond acceptors (Lipinski definition) is 2. The molecule has 1 aliphatic heterocycles. The highest BCUT2D eigenvalue weighted by atomic mass is 79.9. The third-order valence-corrected chi connectivity index (χ3v) is 3.37. The molecule has 2 N–H and O–H groups in total. The first-order chi connectivity index (χ1) is 6.86. The van der Waals surface area contributed by atoms with Crippen LogP contribution < -0.4 is 10.6 Å². The zero-order valence-corrected chi connectivity index (χ0v) is 9.68. The molecule has 76 valence electrons. The van der Waals surface area contributed by atoms with Crippen molar-refractivity contribution >= 4 is 15.9 Å². The van der Waals surface area contributed by atoms with Crippen molar-refractivity contribution in [2.75, 3.05) is 13.1 Å². The number of benzene rings is 1. The van der Waals surface area contributed by atoms with Crippen LogP contribution in [0.15, 0.2) is 28.7 Å². The second-order valence-electron chi connectivity index (χ2n) is 3.66. The normalized spacial score (nSPS) is 21.4. The van der Waals surface area contributed by atoms with Crippen molar-refractivity contribution in [2.24, 2.45) is 0 Å². The van der Waals surface area contributed by atoms with Crippen LogP contribution in [-0.4, -0.2) is 19.1 Å². The van der Waals surface area contributed by atoms with Crippen LogP contribution in [0.3, 0.4) is 0 Å². The zero-order valence-electron chi connectivity index (χ0n) is 8.09. The van der Waals surface area contributed by atoms with Crippen molar-refractivity contribution in [1.82, 2.24) is 10.6 Å². The summed E-state index contributed by atoms with van der Waals surface area (Å²) in [6.07, 6.45) is 1.24. The van der Waals surface area contributed by atoms with Gasteiger partial charge in [-0.2, -0.15) is 0 Å². The number of hydrogen-bond donors (Lipinski definition) is 2. The van der Waals surface area contributed by atoms with Gasteiger partial charge in [0.15, 0.2) is 0 Å². The summed E-state index contributed by atoms with van der Waals surface area (Å²) in [7, 11) is 0. The van der Waals surface area contributed by atoms with E-state index in [1.54, 1.807) is 0 Å². The summed E-state index contributed by atoms with van der Waals surface area (Å²) in [6, 6.07) is 9.00. The average molecular weight is 255 g/mol. The Balaban J connectivity index is 1.88. The van der Waals surface area contributed by atoms with Crippen LogP contribution in [0.4, 0.5) is 0 Å². The fourth-order valence-corrected chi connectivity index (χ4v) is 2.15. The Morgan fingerprint density at radius 3 is 3.00 bits per heavy atom. The second-order valence-corrected chi connectivity index (χ2v) is 4.52. The Morgan fingerprint density at radius 1 is 1.43 bits per heavy atom. The molecule has 1 unspecified atom stereocenters. The van der Waals surface area contributed by atoms with Crippen LogP contribution >= 0.6 is 15.9 Å². The van der Waals surface area contributed by atoms with Crippen LogP contribution in [0.25, 0.3) is 0 Å². The highest BCUT2D eigenvalue weighted by Crippen LogP contribution is 2.15. The highest BCUT2D eigenvalue weighted by molar-refractivity contribution is 9.10. The van der Waals surface area contributed by atoms with Gasteiger partial charge in [-0.05, 0) is 24.6 Å². The molecule has 1 aliphatic rings. The van der Waals surface area contributed by atoms with Crippen LogP contribution in [0, 0.1) is 0 Å². The Hall–Kier alpha value is -0.380.